The van der Waals surface area contributed by atoms with Gasteiger partial charge in [-0.05, 0) is 37.3 Å². The Hall–Kier alpha value is -1.83. The van der Waals surface area contributed by atoms with E-state index in [1.807, 2.05) is 0 Å². The topological polar surface area (TPSA) is 80.0 Å². The van der Waals surface area contributed by atoms with Crippen molar-refractivity contribution in [2.45, 2.75) is 25.1 Å². The lowest BCUT2D eigenvalue weighted by atomic mass is 9.86. The van der Waals surface area contributed by atoms with Gasteiger partial charge < -0.3 is 10.4 Å². The second kappa shape index (κ2) is 8.90. The van der Waals surface area contributed by atoms with Crippen LogP contribution in [0, 0.1) is 0 Å². The average molecular weight is 474 g/mol. The quantitative estimate of drug-likeness (QED) is 0.548. The maximum atomic E-state index is 12.8. The maximum Gasteiger partial charge on any atom is 0.253 e. The number of nitrogens with zero attached hydrogens (tertiary/aromatic N) is 3. The highest BCUT2D eigenvalue weighted by molar-refractivity contribution is 6.37. The molecule has 0 spiro atoms. The number of hydrogen-bond acceptors (Lipinski definition) is 4. The molecule has 2 aromatic carbocycles. The molecule has 0 saturated carbocycles. The molecule has 1 amide bonds. The number of hydrogen-bond donors (Lipinski definition) is 2. The second-order valence-corrected chi connectivity index (χ2v) is 8.15. The summed E-state index contributed by atoms with van der Waals surface area (Å²) in [7, 11) is 0. The predicted octanol–water partition coefficient (Wildman–Crippen LogP) is 4.60. The van der Waals surface area contributed by atoms with E-state index in [-0.39, 0.29) is 22.2 Å². The van der Waals surface area contributed by atoms with E-state index in [4.69, 9.17) is 46.4 Å². The van der Waals surface area contributed by atoms with Crippen LogP contribution in [-0.4, -0.2) is 31.8 Å². The van der Waals surface area contributed by atoms with Crippen molar-refractivity contribution >= 4 is 52.3 Å². The molecule has 1 aromatic heterocycles. The van der Waals surface area contributed by atoms with Crippen molar-refractivity contribution in [1.82, 2.24) is 20.1 Å². The van der Waals surface area contributed by atoms with Gasteiger partial charge in [0.15, 0.2) is 0 Å². The summed E-state index contributed by atoms with van der Waals surface area (Å²) in [6.07, 6.45) is 2.81. The van der Waals surface area contributed by atoms with Gasteiger partial charge in [-0.1, -0.05) is 52.5 Å². The molecule has 29 heavy (non-hydrogen) atoms. The van der Waals surface area contributed by atoms with Crippen molar-refractivity contribution < 1.29 is 9.90 Å². The Bertz CT molecular complexity index is 1030. The normalized spacial score (nSPS) is 14.3. The fourth-order valence-electron chi connectivity index (χ4n) is 2.92. The van der Waals surface area contributed by atoms with Crippen molar-refractivity contribution in [3.8, 4) is 0 Å². The largest absolute Gasteiger partial charge is 0.381 e. The van der Waals surface area contributed by atoms with Gasteiger partial charge in [-0.15, -0.1) is 0 Å². The molecule has 0 saturated heterocycles. The smallest absolute Gasteiger partial charge is 0.253 e. The van der Waals surface area contributed by atoms with Crippen LogP contribution in [0.15, 0.2) is 49.1 Å². The summed E-state index contributed by atoms with van der Waals surface area (Å²) < 4.78 is 1.45. The third kappa shape index (κ3) is 4.85. The molecule has 10 heteroatoms. The maximum absolute atomic E-state index is 12.8. The van der Waals surface area contributed by atoms with E-state index in [1.165, 1.54) is 35.5 Å². The van der Waals surface area contributed by atoms with Crippen molar-refractivity contribution in [2.75, 3.05) is 0 Å². The van der Waals surface area contributed by atoms with Crippen LogP contribution in [0.5, 0.6) is 0 Å². The molecule has 0 bridgehead atoms. The first-order valence-electron chi connectivity index (χ1n) is 8.47. The highest BCUT2D eigenvalue weighted by Gasteiger charge is 2.39. The van der Waals surface area contributed by atoms with E-state index < -0.39 is 17.6 Å². The molecule has 3 aromatic rings. The Balaban J connectivity index is 1.95. The minimum atomic E-state index is -1.62. The molecule has 1 heterocycles. The molecule has 152 valence electrons. The Morgan fingerprint density at radius 1 is 1.14 bits per heavy atom. The number of aliphatic hydroxyl groups is 1. The van der Waals surface area contributed by atoms with Crippen LogP contribution < -0.4 is 5.32 Å². The Morgan fingerprint density at radius 2 is 1.79 bits per heavy atom. The minimum absolute atomic E-state index is 0.00977. The summed E-state index contributed by atoms with van der Waals surface area (Å²) in [5.41, 5.74) is -1.01. The fourth-order valence-corrected chi connectivity index (χ4v) is 3.99. The Morgan fingerprint density at radius 3 is 2.38 bits per heavy atom. The fraction of sp³-hybridized carbons (Fsp3) is 0.211. The second-order valence-electron chi connectivity index (χ2n) is 6.46. The standard InChI is InChI=1S/C19H16Cl4N4O2/c1-11(26-18(28)14-4-2-12(20)6-16(14)22)19(29,8-27-10-24-9-25-27)15-5-3-13(21)7-17(15)23/h2-7,9-11,29H,8H2,1H3,(H,26,28)/t11-,19?/m1/s1. The number of carbonyl (C=O) groups excluding carboxylic acids is 1. The highest BCUT2D eigenvalue weighted by atomic mass is 35.5. The molecule has 0 radical (unpaired) electrons. The third-order valence-electron chi connectivity index (χ3n) is 4.51. The summed E-state index contributed by atoms with van der Waals surface area (Å²) in [5.74, 6) is -0.471. The zero-order valence-corrected chi connectivity index (χ0v) is 18.1. The van der Waals surface area contributed by atoms with E-state index in [9.17, 15) is 9.90 Å². The number of rotatable bonds is 6. The lowest BCUT2D eigenvalue weighted by molar-refractivity contribution is -0.0155. The molecule has 0 fully saturated rings. The molecule has 0 aliphatic carbocycles. The zero-order valence-electron chi connectivity index (χ0n) is 15.1. The first-order chi connectivity index (χ1) is 13.7. The number of nitrogens with one attached hydrogen (secondary N) is 1. The van der Waals surface area contributed by atoms with Gasteiger partial charge in [-0.25, -0.2) is 9.67 Å². The Labute approximate surface area is 187 Å². The minimum Gasteiger partial charge on any atom is -0.381 e. The van der Waals surface area contributed by atoms with Gasteiger partial charge in [0.25, 0.3) is 5.91 Å². The van der Waals surface area contributed by atoms with Gasteiger partial charge in [0, 0.05) is 20.6 Å². The molecular weight excluding hydrogens is 458 g/mol. The van der Waals surface area contributed by atoms with E-state index in [0.29, 0.717) is 15.6 Å². The van der Waals surface area contributed by atoms with E-state index in [1.54, 1.807) is 25.1 Å². The third-order valence-corrected chi connectivity index (χ3v) is 5.60. The van der Waals surface area contributed by atoms with E-state index in [2.05, 4.69) is 15.4 Å². The summed E-state index contributed by atoms with van der Waals surface area (Å²) in [6.45, 7) is 1.65. The SMILES string of the molecule is C[C@@H](NC(=O)c1ccc(Cl)cc1Cl)C(O)(Cn1cncn1)c1ccc(Cl)cc1Cl. The van der Waals surface area contributed by atoms with Crippen LogP contribution in [0.25, 0.3) is 0 Å². The van der Waals surface area contributed by atoms with Gasteiger partial charge in [0.2, 0.25) is 0 Å². The van der Waals surface area contributed by atoms with Crippen LogP contribution in [0.4, 0.5) is 0 Å². The molecule has 2 N–H and O–H groups in total. The summed E-state index contributed by atoms with van der Waals surface area (Å²) in [5, 5.41) is 19.7. The molecular formula is C19H16Cl4N4O2. The highest BCUT2D eigenvalue weighted by Crippen LogP contribution is 2.34. The first kappa shape index (κ1) is 21.9. The van der Waals surface area contributed by atoms with Crippen LogP contribution in [0.3, 0.4) is 0 Å². The lowest BCUT2D eigenvalue weighted by Gasteiger charge is -2.35. The number of halogens is 4. The lowest BCUT2D eigenvalue weighted by Crippen LogP contribution is -2.51. The van der Waals surface area contributed by atoms with Gasteiger partial charge in [0.1, 0.15) is 18.3 Å². The van der Waals surface area contributed by atoms with Crippen molar-refractivity contribution in [1.29, 1.82) is 0 Å². The first-order valence-corrected chi connectivity index (χ1v) is 9.98. The number of aromatic nitrogens is 3. The van der Waals surface area contributed by atoms with Crippen LogP contribution >= 0.6 is 46.4 Å². The van der Waals surface area contributed by atoms with Gasteiger partial charge >= 0.3 is 0 Å². The predicted molar refractivity (Wildman–Crippen MR) is 114 cm³/mol. The summed E-state index contributed by atoms with van der Waals surface area (Å²) in [6, 6.07) is 8.50. The molecule has 2 atom stereocenters. The number of amides is 1. The summed E-state index contributed by atoms with van der Waals surface area (Å²) >= 11 is 24.4. The van der Waals surface area contributed by atoms with Crippen molar-refractivity contribution in [3.63, 3.8) is 0 Å². The van der Waals surface area contributed by atoms with Gasteiger partial charge in [0.05, 0.1) is 23.2 Å². The Kier molecular flexibility index (Phi) is 6.71. The monoisotopic (exact) mass is 472 g/mol. The van der Waals surface area contributed by atoms with Crippen LogP contribution in [0.1, 0.15) is 22.8 Å². The molecule has 3 rings (SSSR count). The average Bonchev–Trinajstić information content (AvgIpc) is 3.14. The molecule has 0 aliphatic heterocycles. The number of carbonyl (C=O) groups is 1. The van der Waals surface area contributed by atoms with E-state index >= 15 is 0 Å². The summed E-state index contributed by atoms with van der Waals surface area (Å²) in [4.78, 5) is 16.7. The van der Waals surface area contributed by atoms with Gasteiger partial charge in [-0.3, -0.25) is 4.79 Å². The van der Waals surface area contributed by atoms with Crippen LogP contribution in [0.2, 0.25) is 20.1 Å². The zero-order chi connectivity index (χ0) is 21.2. The molecule has 0 aliphatic rings. The molecule has 6 nitrogen and oxygen atoms in total. The van der Waals surface area contributed by atoms with Crippen LogP contribution in [-0.2, 0) is 12.1 Å². The van der Waals surface area contributed by atoms with Crippen molar-refractivity contribution in [2.24, 2.45) is 0 Å². The van der Waals surface area contributed by atoms with Crippen molar-refractivity contribution in [3.05, 3.63) is 80.3 Å². The van der Waals surface area contributed by atoms with Gasteiger partial charge in [-0.2, -0.15) is 5.10 Å². The molecule has 1 unspecified atom stereocenters. The number of benzene rings is 2. The van der Waals surface area contributed by atoms with E-state index in [0.717, 1.165) is 0 Å².